The number of ether oxygens (including phenoxy) is 1. The number of aromatic amines is 1. The van der Waals surface area contributed by atoms with Gasteiger partial charge in [-0.1, -0.05) is 30.3 Å². The van der Waals surface area contributed by atoms with E-state index in [2.05, 4.69) is 52.5 Å². The van der Waals surface area contributed by atoms with Gasteiger partial charge < -0.3 is 20.8 Å². The number of benzene rings is 2. The van der Waals surface area contributed by atoms with Crippen LogP contribution in [0, 0.1) is 6.92 Å². The maximum atomic E-state index is 5.98. The Hall–Kier alpha value is -2.22. The van der Waals surface area contributed by atoms with E-state index in [-0.39, 0.29) is 24.0 Å². The maximum absolute atomic E-state index is 5.98. The smallest absolute Gasteiger partial charge is 0.188 e. The molecule has 3 rings (SSSR count). The second kappa shape index (κ2) is 10.2. The molecular formula is C21H27IN4O. The highest BCUT2D eigenvalue weighted by Gasteiger charge is 2.07. The van der Waals surface area contributed by atoms with Crippen molar-refractivity contribution >= 4 is 40.8 Å². The summed E-state index contributed by atoms with van der Waals surface area (Å²) >= 11 is 0. The zero-order valence-corrected chi connectivity index (χ0v) is 18.1. The predicted octanol–water partition coefficient (Wildman–Crippen LogP) is 3.79. The number of aromatic nitrogens is 1. The van der Waals surface area contributed by atoms with Crippen molar-refractivity contribution < 1.29 is 4.74 Å². The van der Waals surface area contributed by atoms with E-state index in [4.69, 9.17) is 10.5 Å². The van der Waals surface area contributed by atoms with Gasteiger partial charge in [0.1, 0.15) is 5.75 Å². The van der Waals surface area contributed by atoms with E-state index in [1.54, 1.807) is 7.11 Å². The van der Waals surface area contributed by atoms with Crippen LogP contribution in [0.15, 0.2) is 53.5 Å². The van der Waals surface area contributed by atoms with Crippen molar-refractivity contribution in [1.29, 1.82) is 0 Å². The molecule has 0 aliphatic heterocycles. The molecule has 0 aliphatic rings. The molecule has 0 amide bonds. The molecule has 144 valence electrons. The summed E-state index contributed by atoms with van der Waals surface area (Å²) < 4.78 is 5.16. The summed E-state index contributed by atoms with van der Waals surface area (Å²) in [4.78, 5) is 7.88. The highest BCUT2D eigenvalue weighted by Crippen LogP contribution is 2.22. The number of rotatable bonds is 7. The molecule has 0 fully saturated rings. The van der Waals surface area contributed by atoms with Gasteiger partial charge in [-0.3, -0.25) is 4.99 Å². The van der Waals surface area contributed by atoms with Gasteiger partial charge in [-0.25, -0.2) is 0 Å². The van der Waals surface area contributed by atoms with Crippen LogP contribution in [0.5, 0.6) is 5.75 Å². The summed E-state index contributed by atoms with van der Waals surface area (Å²) in [5.41, 5.74) is 10.9. The van der Waals surface area contributed by atoms with E-state index in [1.165, 1.54) is 27.7 Å². The van der Waals surface area contributed by atoms with Gasteiger partial charge in [0.25, 0.3) is 0 Å². The molecule has 2 aromatic carbocycles. The summed E-state index contributed by atoms with van der Waals surface area (Å²) in [5, 5.41) is 4.45. The first-order valence-corrected chi connectivity index (χ1v) is 8.90. The van der Waals surface area contributed by atoms with Crippen molar-refractivity contribution in [2.45, 2.75) is 19.8 Å². The number of aryl methyl sites for hydroxylation is 1. The third kappa shape index (κ3) is 5.63. The summed E-state index contributed by atoms with van der Waals surface area (Å²) in [6.07, 6.45) is 1.76. The first-order valence-electron chi connectivity index (χ1n) is 8.90. The topological polar surface area (TPSA) is 75.4 Å². The Morgan fingerprint density at radius 1 is 1.11 bits per heavy atom. The van der Waals surface area contributed by atoms with E-state index < -0.39 is 0 Å². The molecule has 1 aromatic heterocycles. The van der Waals surface area contributed by atoms with Crippen LogP contribution < -0.4 is 15.8 Å². The lowest BCUT2D eigenvalue weighted by Gasteiger charge is -2.07. The second-order valence-electron chi connectivity index (χ2n) is 6.32. The minimum Gasteiger partial charge on any atom is -0.497 e. The van der Waals surface area contributed by atoms with E-state index in [9.17, 15) is 0 Å². The third-order valence-electron chi connectivity index (χ3n) is 4.55. The fraction of sp³-hybridized carbons (Fsp3) is 0.286. The molecule has 0 aliphatic carbocycles. The number of fused-ring (bicyclic) bond motifs is 1. The van der Waals surface area contributed by atoms with Gasteiger partial charge >= 0.3 is 0 Å². The number of aliphatic imine (C=N–C) groups is 1. The summed E-state index contributed by atoms with van der Waals surface area (Å²) in [5.74, 6) is 1.37. The van der Waals surface area contributed by atoms with Crippen LogP contribution in [0.3, 0.4) is 0 Å². The molecule has 0 saturated heterocycles. The van der Waals surface area contributed by atoms with Crippen LogP contribution in [-0.4, -0.2) is 31.1 Å². The first kappa shape index (κ1) is 21.1. The third-order valence-corrected chi connectivity index (χ3v) is 4.55. The maximum Gasteiger partial charge on any atom is 0.188 e. The van der Waals surface area contributed by atoms with Gasteiger partial charge in [-0.2, -0.15) is 0 Å². The lowest BCUT2D eigenvalue weighted by molar-refractivity contribution is 0.414. The molecule has 0 radical (unpaired) electrons. The molecule has 1 heterocycles. The molecular weight excluding hydrogens is 451 g/mol. The number of guanidine groups is 1. The SMILES string of the molecule is COc1ccc(CCNC(N)=NCCc2c(C)[nH]c3ccccc23)cc1.I. The van der Waals surface area contributed by atoms with Crippen LogP contribution >= 0.6 is 24.0 Å². The molecule has 3 aromatic rings. The molecule has 0 saturated carbocycles. The highest BCUT2D eigenvalue weighted by atomic mass is 127. The quantitative estimate of drug-likeness (QED) is 0.275. The number of H-pyrrole nitrogens is 1. The Kier molecular flexibility index (Phi) is 7.97. The Balaban J connectivity index is 0.00000261. The molecule has 6 heteroatoms. The van der Waals surface area contributed by atoms with Crippen LogP contribution in [0.1, 0.15) is 16.8 Å². The summed E-state index contributed by atoms with van der Waals surface area (Å²) in [6, 6.07) is 16.4. The number of para-hydroxylation sites is 1. The Morgan fingerprint density at radius 3 is 2.59 bits per heavy atom. The summed E-state index contributed by atoms with van der Waals surface area (Å²) in [6.45, 7) is 3.54. The fourth-order valence-corrected chi connectivity index (χ4v) is 3.13. The largest absolute Gasteiger partial charge is 0.497 e. The molecule has 5 nitrogen and oxygen atoms in total. The highest BCUT2D eigenvalue weighted by molar-refractivity contribution is 14.0. The number of nitrogens with zero attached hydrogens (tertiary/aromatic N) is 1. The van der Waals surface area contributed by atoms with Crippen LogP contribution in [-0.2, 0) is 12.8 Å². The average molecular weight is 478 g/mol. The lowest BCUT2D eigenvalue weighted by Crippen LogP contribution is -2.33. The number of halogens is 1. The zero-order chi connectivity index (χ0) is 18.4. The van der Waals surface area contributed by atoms with Crippen LogP contribution in [0.2, 0.25) is 0 Å². The lowest BCUT2D eigenvalue weighted by atomic mass is 10.1. The normalized spacial score (nSPS) is 11.3. The van der Waals surface area contributed by atoms with Gasteiger partial charge in [-0.15, -0.1) is 24.0 Å². The number of hydrogen-bond acceptors (Lipinski definition) is 2. The van der Waals surface area contributed by atoms with Gasteiger partial charge in [0.05, 0.1) is 7.11 Å². The van der Waals surface area contributed by atoms with Crippen LogP contribution in [0.25, 0.3) is 10.9 Å². The van der Waals surface area contributed by atoms with Gasteiger partial charge in [0, 0.05) is 29.7 Å². The average Bonchev–Trinajstić information content (AvgIpc) is 2.98. The van der Waals surface area contributed by atoms with Gasteiger partial charge in [-0.05, 0) is 49.1 Å². The van der Waals surface area contributed by atoms with Crippen molar-refractivity contribution in [3.05, 3.63) is 65.4 Å². The predicted molar refractivity (Wildman–Crippen MR) is 123 cm³/mol. The van der Waals surface area contributed by atoms with E-state index in [0.29, 0.717) is 12.5 Å². The minimum absolute atomic E-state index is 0. The molecule has 27 heavy (non-hydrogen) atoms. The standard InChI is InChI=1S/C21H26N4O.HI/c1-15-18(19-5-3-4-6-20(19)25-15)12-14-24-21(22)23-13-11-16-7-9-17(26-2)10-8-16;/h3-10,25H,11-14H2,1-2H3,(H3,22,23,24);1H. The number of nitrogens with two attached hydrogens (primary N) is 1. The molecule has 4 N–H and O–H groups in total. The number of hydrogen-bond donors (Lipinski definition) is 3. The number of nitrogens with one attached hydrogen (secondary N) is 2. The number of methoxy groups -OCH3 is 1. The van der Waals surface area contributed by atoms with E-state index in [0.717, 1.165) is 25.1 Å². The Labute approximate surface area is 177 Å². The van der Waals surface area contributed by atoms with E-state index >= 15 is 0 Å². The zero-order valence-electron chi connectivity index (χ0n) is 15.8. The molecule has 0 bridgehead atoms. The second-order valence-corrected chi connectivity index (χ2v) is 6.32. The summed E-state index contributed by atoms with van der Waals surface area (Å²) in [7, 11) is 1.67. The minimum atomic E-state index is 0. The molecule has 0 atom stereocenters. The van der Waals surface area contributed by atoms with E-state index in [1.807, 2.05) is 18.2 Å². The molecule has 0 spiro atoms. The monoisotopic (exact) mass is 478 g/mol. The fourth-order valence-electron chi connectivity index (χ4n) is 3.13. The van der Waals surface area contributed by atoms with Crippen molar-refractivity contribution in [1.82, 2.24) is 10.3 Å². The van der Waals surface area contributed by atoms with Gasteiger partial charge in [0.2, 0.25) is 0 Å². The Morgan fingerprint density at radius 2 is 1.85 bits per heavy atom. The van der Waals surface area contributed by atoms with Crippen molar-refractivity contribution in [2.24, 2.45) is 10.7 Å². The van der Waals surface area contributed by atoms with Crippen molar-refractivity contribution in [3.8, 4) is 5.75 Å². The molecule has 0 unspecified atom stereocenters. The van der Waals surface area contributed by atoms with Crippen molar-refractivity contribution in [3.63, 3.8) is 0 Å². The van der Waals surface area contributed by atoms with Gasteiger partial charge in [0.15, 0.2) is 5.96 Å². The first-order chi connectivity index (χ1) is 12.7. The Bertz CT molecular complexity index is 887. The van der Waals surface area contributed by atoms with Crippen LogP contribution in [0.4, 0.5) is 0 Å². The van der Waals surface area contributed by atoms with Crippen molar-refractivity contribution in [2.75, 3.05) is 20.2 Å².